The minimum Gasteiger partial charge on any atom is -0.483 e. The minimum atomic E-state index is -0.619. The zero-order valence-corrected chi connectivity index (χ0v) is 21.5. The average molecular weight is 503 g/mol. The summed E-state index contributed by atoms with van der Waals surface area (Å²) < 4.78 is 6.65. The summed E-state index contributed by atoms with van der Waals surface area (Å²) in [6.07, 6.45) is 0.826. The van der Waals surface area contributed by atoms with Crippen LogP contribution < -0.4 is 10.1 Å². The fraction of sp³-hybridized carbons (Fsp3) is 0.462. The van der Waals surface area contributed by atoms with Gasteiger partial charge < -0.3 is 15.0 Å². The minimum absolute atomic E-state index is 0.0156. The van der Waals surface area contributed by atoms with E-state index in [2.05, 4.69) is 42.0 Å². The molecule has 2 atom stereocenters. The third-order valence-electron chi connectivity index (χ3n) is 5.51. The molecule has 32 heavy (non-hydrogen) atoms. The number of hydrogen-bond donors (Lipinski definition) is 1. The third-order valence-corrected chi connectivity index (χ3v) is 6.13. The standard InChI is InChI=1S/C26H35BrN2O3/c1-7-18(2)28-25(31)19(3)29(16-20-11-9-8-10-12-20)24(30)17-32-23-14-13-21(15-22(23)27)26(4,5)6/h8-15,18-19H,7,16-17H2,1-6H3,(H,28,31)/t18-,19-/m1/s1. The van der Waals surface area contributed by atoms with Gasteiger partial charge in [0.05, 0.1) is 4.47 Å². The van der Waals surface area contributed by atoms with E-state index >= 15 is 0 Å². The summed E-state index contributed by atoms with van der Waals surface area (Å²) in [4.78, 5) is 27.5. The highest BCUT2D eigenvalue weighted by atomic mass is 79.9. The SMILES string of the molecule is CC[C@@H](C)NC(=O)[C@@H](C)N(Cc1ccccc1)C(=O)COc1ccc(C(C)(C)C)cc1Br. The van der Waals surface area contributed by atoms with Gasteiger partial charge in [0.1, 0.15) is 11.8 Å². The molecule has 0 radical (unpaired) electrons. The molecule has 2 aromatic carbocycles. The second-order valence-electron chi connectivity index (χ2n) is 9.18. The van der Waals surface area contributed by atoms with Crippen LogP contribution in [0.4, 0.5) is 0 Å². The predicted molar refractivity (Wildman–Crippen MR) is 133 cm³/mol. The van der Waals surface area contributed by atoms with E-state index in [-0.39, 0.29) is 29.9 Å². The average Bonchev–Trinajstić information content (AvgIpc) is 2.75. The Bertz CT molecular complexity index is 909. The molecule has 0 heterocycles. The highest BCUT2D eigenvalue weighted by Crippen LogP contribution is 2.31. The van der Waals surface area contributed by atoms with E-state index in [9.17, 15) is 9.59 Å². The summed E-state index contributed by atoms with van der Waals surface area (Å²) in [5.74, 6) is 0.189. The first kappa shape index (κ1) is 25.9. The number of benzene rings is 2. The Hall–Kier alpha value is -2.34. The van der Waals surface area contributed by atoms with Crippen molar-refractivity contribution in [3.05, 3.63) is 64.1 Å². The highest BCUT2D eigenvalue weighted by molar-refractivity contribution is 9.10. The normalized spacial score (nSPS) is 13.2. The third kappa shape index (κ3) is 7.37. The van der Waals surface area contributed by atoms with Crippen molar-refractivity contribution in [1.29, 1.82) is 0 Å². The van der Waals surface area contributed by atoms with Crippen LogP contribution >= 0.6 is 15.9 Å². The maximum Gasteiger partial charge on any atom is 0.261 e. The van der Waals surface area contributed by atoms with Gasteiger partial charge in [0, 0.05) is 12.6 Å². The molecule has 5 nitrogen and oxygen atoms in total. The van der Waals surface area contributed by atoms with Crippen LogP contribution in [-0.4, -0.2) is 35.4 Å². The summed E-state index contributed by atoms with van der Waals surface area (Å²) in [6.45, 7) is 12.3. The number of nitrogens with zero attached hydrogens (tertiary/aromatic N) is 1. The van der Waals surface area contributed by atoms with Gasteiger partial charge in [0.2, 0.25) is 5.91 Å². The zero-order valence-electron chi connectivity index (χ0n) is 19.9. The molecule has 174 valence electrons. The Morgan fingerprint density at radius 3 is 2.31 bits per heavy atom. The summed E-state index contributed by atoms with van der Waals surface area (Å²) in [7, 11) is 0. The van der Waals surface area contributed by atoms with Crippen LogP contribution in [0.2, 0.25) is 0 Å². The Morgan fingerprint density at radius 2 is 1.75 bits per heavy atom. The molecule has 2 aromatic rings. The van der Waals surface area contributed by atoms with Gasteiger partial charge in [-0.05, 0) is 64.9 Å². The molecule has 0 aliphatic rings. The number of carbonyl (C=O) groups excluding carboxylic acids is 2. The molecule has 0 bridgehead atoms. The highest BCUT2D eigenvalue weighted by Gasteiger charge is 2.27. The van der Waals surface area contributed by atoms with Crippen LogP contribution in [0.5, 0.6) is 5.75 Å². The van der Waals surface area contributed by atoms with Gasteiger partial charge >= 0.3 is 0 Å². The molecule has 0 aliphatic carbocycles. The fourth-order valence-electron chi connectivity index (χ4n) is 3.14. The van der Waals surface area contributed by atoms with E-state index in [1.54, 1.807) is 11.8 Å². The molecule has 0 saturated heterocycles. The fourth-order valence-corrected chi connectivity index (χ4v) is 3.63. The molecule has 0 aromatic heterocycles. The van der Waals surface area contributed by atoms with Crippen molar-refractivity contribution < 1.29 is 14.3 Å². The van der Waals surface area contributed by atoms with Crippen molar-refractivity contribution in [2.45, 2.75) is 72.0 Å². The lowest BCUT2D eigenvalue weighted by atomic mass is 9.87. The lowest BCUT2D eigenvalue weighted by Gasteiger charge is -2.29. The number of carbonyl (C=O) groups is 2. The topological polar surface area (TPSA) is 58.6 Å². The maximum atomic E-state index is 13.2. The number of amides is 2. The molecular weight excluding hydrogens is 468 g/mol. The van der Waals surface area contributed by atoms with Gasteiger partial charge in [-0.25, -0.2) is 0 Å². The molecule has 1 N–H and O–H groups in total. The van der Waals surface area contributed by atoms with E-state index in [0.717, 1.165) is 16.5 Å². The van der Waals surface area contributed by atoms with E-state index < -0.39 is 6.04 Å². The second-order valence-corrected chi connectivity index (χ2v) is 10.0. The van der Waals surface area contributed by atoms with Crippen LogP contribution in [0, 0.1) is 0 Å². The molecule has 0 spiro atoms. The molecular formula is C26H35BrN2O3. The monoisotopic (exact) mass is 502 g/mol. The molecule has 2 rings (SSSR count). The molecule has 6 heteroatoms. The number of halogens is 1. The maximum absolute atomic E-state index is 13.2. The summed E-state index contributed by atoms with van der Waals surface area (Å²) in [6, 6.07) is 15.0. The van der Waals surface area contributed by atoms with Gasteiger partial charge in [-0.2, -0.15) is 0 Å². The van der Waals surface area contributed by atoms with E-state index in [0.29, 0.717) is 12.3 Å². The van der Waals surface area contributed by atoms with Crippen molar-refractivity contribution >= 4 is 27.7 Å². The van der Waals surface area contributed by atoms with E-state index in [1.165, 1.54) is 5.56 Å². The summed E-state index contributed by atoms with van der Waals surface area (Å²) in [5, 5.41) is 2.97. The first-order chi connectivity index (χ1) is 15.0. The Morgan fingerprint density at radius 1 is 1.09 bits per heavy atom. The second kappa shape index (κ2) is 11.5. The lowest BCUT2D eigenvalue weighted by Crippen LogP contribution is -2.50. The Kier molecular flexibility index (Phi) is 9.32. The van der Waals surface area contributed by atoms with Crippen LogP contribution in [-0.2, 0) is 21.5 Å². The number of rotatable bonds is 9. The van der Waals surface area contributed by atoms with Gasteiger partial charge in [-0.1, -0.05) is 64.1 Å². The first-order valence-electron chi connectivity index (χ1n) is 11.1. The van der Waals surface area contributed by atoms with Crippen molar-refractivity contribution in [2.24, 2.45) is 0 Å². The van der Waals surface area contributed by atoms with Crippen LogP contribution in [0.1, 0.15) is 59.1 Å². The molecule has 0 aliphatic heterocycles. The van der Waals surface area contributed by atoms with Gasteiger partial charge in [-0.3, -0.25) is 9.59 Å². The van der Waals surface area contributed by atoms with Gasteiger partial charge in [-0.15, -0.1) is 0 Å². The zero-order chi connectivity index (χ0) is 23.9. The predicted octanol–water partition coefficient (Wildman–Crippen LogP) is 5.46. The van der Waals surface area contributed by atoms with Crippen molar-refractivity contribution in [3.8, 4) is 5.75 Å². The summed E-state index contributed by atoms with van der Waals surface area (Å²) >= 11 is 3.55. The van der Waals surface area contributed by atoms with Crippen molar-refractivity contribution in [2.75, 3.05) is 6.61 Å². The molecule has 0 unspecified atom stereocenters. The van der Waals surface area contributed by atoms with Crippen LogP contribution in [0.15, 0.2) is 53.0 Å². The first-order valence-corrected chi connectivity index (χ1v) is 11.9. The smallest absolute Gasteiger partial charge is 0.261 e. The van der Waals surface area contributed by atoms with Crippen LogP contribution in [0.25, 0.3) is 0 Å². The summed E-state index contributed by atoms with van der Waals surface area (Å²) in [5.41, 5.74) is 2.14. The van der Waals surface area contributed by atoms with E-state index in [4.69, 9.17) is 4.74 Å². The quantitative estimate of drug-likeness (QED) is 0.495. The van der Waals surface area contributed by atoms with E-state index in [1.807, 2.05) is 62.4 Å². The van der Waals surface area contributed by atoms with Crippen molar-refractivity contribution in [3.63, 3.8) is 0 Å². The van der Waals surface area contributed by atoms with Crippen molar-refractivity contribution in [1.82, 2.24) is 10.2 Å². The Labute approximate surface area is 200 Å². The Balaban J connectivity index is 2.16. The molecule has 0 fully saturated rings. The molecule has 0 saturated carbocycles. The lowest BCUT2D eigenvalue weighted by molar-refractivity contribution is -0.142. The number of hydrogen-bond acceptors (Lipinski definition) is 3. The van der Waals surface area contributed by atoms with Crippen LogP contribution in [0.3, 0.4) is 0 Å². The largest absolute Gasteiger partial charge is 0.483 e. The molecule has 2 amide bonds. The number of ether oxygens (including phenoxy) is 1. The number of nitrogens with one attached hydrogen (secondary N) is 1. The van der Waals surface area contributed by atoms with Gasteiger partial charge in [0.15, 0.2) is 6.61 Å². The van der Waals surface area contributed by atoms with Gasteiger partial charge in [0.25, 0.3) is 5.91 Å².